The van der Waals surface area contributed by atoms with Crippen LogP contribution in [0, 0.1) is 5.92 Å². The molecular weight excluding hydrogens is 403 g/mol. The maximum Gasteiger partial charge on any atom is 0.303 e. The van der Waals surface area contributed by atoms with Crippen molar-refractivity contribution in [2.75, 3.05) is 6.61 Å². The van der Waals surface area contributed by atoms with Gasteiger partial charge in [0, 0.05) is 39.2 Å². The van der Waals surface area contributed by atoms with Gasteiger partial charge < -0.3 is 10.2 Å². The van der Waals surface area contributed by atoms with Crippen molar-refractivity contribution in [3.63, 3.8) is 0 Å². The Morgan fingerprint density at radius 1 is 0.731 bits per heavy atom. The van der Waals surface area contributed by atoms with Crippen LogP contribution in [0.1, 0.15) is 124 Å². The van der Waals surface area contributed by atoms with E-state index in [1.54, 1.807) is 0 Å². The summed E-state index contributed by atoms with van der Waals surface area (Å²) in [6.07, 6.45) is 19.4. The van der Waals surface area contributed by atoms with E-state index in [1.165, 1.54) is 70.6 Å². The Hall–Kier alpha value is 0.313. The molecule has 0 saturated carbocycles. The topological polar surface area (TPSA) is 57.5 Å². The van der Waals surface area contributed by atoms with Gasteiger partial charge >= 0.3 is 5.97 Å². The molecule has 0 aromatic rings. The summed E-state index contributed by atoms with van der Waals surface area (Å²) in [6.45, 7) is 7.01. The molecule has 0 aliphatic heterocycles. The summed E-state index contributed by atoms with van der Waals surface area (Å²) in [5, 5.41) is 16.6. The van der Waals surface area contributed by atoms with E-state index < -0.39 is 5.97 Å². The van der Waals surface area contributed by atoms with E-state index in [2.05, 4.69) is 20.8 Å². The summed E-state index contributed by atoms with van der Waals surface area (Å²) < 4.78 is 0. The van der Waals surface area contributed by atoms with E-state index in [0.29, 0.717) is 13.0 Å². The van der Waals surface area contributed by atoms with Gasteiger partial charge in [-0.05, 0) is 18.8 Å². The molecule has 0 heterocycles. The Kier molecular flexibility index (Phi) is 32.8. The largest absolute Gasteiger partial charge is 0.481 e. The first-order valence-corrected chi connectivity index (χ1v) is 10.9. The Balaban J connectivity index is -0.000000772. The molecule has 0 saturated heterocycles. The number of carboxylic acid groups (broad SMARTS) is 1. The Labute approximate surface area is 182 Å². The smallest absolute Gasteiger partial charge is 0.303 e. The average molecular weight is 450 g/mol. The third-order valence-electron chi connectivity index (χ3n) is 4.43. The molecule has 0 rings (SSSR count). The normalized spacial score (nSPS) is 10.2. The van der Waals surface area contributed by atoms with Crippen LogP contribution in [0.4, 0.5) is 0 Å². The van der Waals surface area contributed by atoms with Crippen molar-refractivity contribution in [2.24, 2.45) is 5.92 Å². The van der Waals surface area contributed by atoms with Crippen LogP contribution in [-0.4, -0.2) is 22.8 Å². The van der Waals surface area contributed by atoms with Gasteiger partial charge in [-0.15, -0.1) is 0 Å². The van der Waals surface area contributed by atoms with Gasteiger partial charge in [-0.3, -0.25) is 4.79 Å². The Bertz CT molecular complexity index is 256. The molecule has 26 heavy (non-hydrogen) atoms. The molecule has 0 radical (unpaired) electrons. The molecule has 0 amide bonds. The van der Waals surface area contributed by atoms with Crippen LogP contribution < -0.4 is 0 Å². The molecule has 2 N–H and O–H groups in total. The van der Waals surface area contributed by atoms with Gasteiger partial charge in [0.05, 0.1) is 0 Å². The number of aliphatic hydroxyl groups is 1. The first-order valence-electron chi connectivity index (χ1n) is 10.9. The summed E-state index contributed by atoms with van der Waals surface area (Å²) in [5.41, 5.74) is 0. The number of rotatable bonds is 17. The van der Waals surface area contributed by atoms with E-state index in [4.69, 9.17) is 10.2 Å². The molecule has 0 aromatic carbocycles. The van der Waals surface area contributed by atoms with Crippen LogP contribution in [-0.2, 0) is 31.0 Å². The molecule has 0 fully saturated rings. The third-order valence-corrected chi connectivity index (χ3v) is 4.43. The number of carbonyl (C=O) groups is 1. The van der Waals surface area contributed by atoms with Gasteiger partial charge in [0.15, 0.2) is 0 Å². The number of aliphatic carboxylic acids is 1. The molecule has 3 nitrogen and oxygen atoms in total. The summed E-state index contributed by atoms with van der Waals surface area (Å²) in [5.74, 6) is 0.212. The molecule has 0 aliphatic rings. The van der Waals surface area contributed by atoms with Crippen LogP contribution in [0.3, 0.4) is 0 Å². The van der Waals surface area contributed by atoms with Crippen molar-refractivity contribution in [1.29, 1.82) is 0 Å². The zero-order chi connectivity index (χ0) is 19.2. The number of hydrogen-bond acceptors (Lipinski definition) is 2. The van der Waals surface area contributed by atoms with Crippen molar-refractivity contribution >= 4 is 5.97 Å². The second-order valence-corrected chi connectivity index (χ2v) is 7.65. The minimum Gasteiger partial charge on any atom is -0.481 e. The molecule has 0 aromatic heterocycles. The van der Waals surface area contributed by atoms with E-state index >= 15 is 0 Å². The Morgan fingerprint density at radius 3 is 1.38 bits per heavy atom. The fourth-order valence-electron chi connectivity index (χ4n) is 2.75. The van der Waals surface area contributed by atoms with Gasteiger partial charge in [-0.2, -0.15) is 0 Å². The zero-order valence-corrected chi connectivity index (χ0v) is 20.4. The summed E-state index contributed by atoms with van der Waals surface area (Å²) in [7, 11) is 0. The van der Waals surface area contributed by atoms with Crippen LogP contribution >= 0.6 is 0 Å². The second kappa shape index (κ2) is 27.5. The van der Waals surface area contributed by atoms with Gasteiger partial charge in [0.1, 0.15) is 0 Å². The molecule has 0 bridgehead atoms. The van der Waals surface area contributed by atoms with Crippen molar-refractivity contribution in [2.45, 2.75) is 124 Å². The van der Waals surface area contributed by atoms with E-state index in [0.717, 1.165) is 31.6 Å². The monoisotopic (exact) mass is 448 g/mol. The molecule has 0 aliphatic carbocycles. The third kappa shape index (κ3) is 35.4. The summed E-state index contributed by atoms with van der Waals surface area (Å²) in [4.78, 5) is 10.3. The molecular formula is C22H46O3Zr. The van der Waals surface area contributed by atoms with Crippen LogP contribution in [0.15, 0.2) is 0 Å². The van der Waals surface area contributed by atoms with E-state index in [9.17, 15) is 4.79 Å². The van der Waals surface area contributed by atoms with Gasteiger partial charge in [-0.25, -0.2) is 0 Å². The van der Waals surface area contributed by atoms with Crippen LogP contribution in [0.5, 0.6) is 0 Å². The minimum absolute atomic E-state index is 0. The van der Waals surface area contributed by atoms with E-state index in [1.807, 2.05) is 0 Å². The standard InChI is InChI=1S/C18H36O2.C4H10O.Zr/c1-17(2)15-13-11-9-7-5-3-4-6-8-10-12-14-16-18(19)20;1-2-3-4-5;/h17H,3-16H2,1-2H3,(H,19,20);5H,2-4H2,1H3;. The SMILES string of the molecule is CC(C)CCCCCCCCCCCCCCC(=O)O.CCCCO.[Zr]. The minimum atomic E-state index is -0.654. The molecule has 0 unspecified atom stereocenters. The van der Waals surface area contributed by atoms with E-state index in [-0.39, 0.29) is 26.2 Å². The molecule has 0 spiro atoms. The molecule has 0 atom stereocenters. The predicted octanol–water partition coefficient (Wildman–Crippen LogP) is 6.96. The van der Waals surface area contributed by atoms with Gasteiger partial charge in [-0.1, -0.05) is 104 Å². The fraction of sp³-hybridized carbons (Fsp3) is 0.955. The maximum atomic E-state index is 10.3. The maximum absolute atomic E-state index is 10.3. The number of hydrogen-bond donors (Lipinski definition) is 2. The zero-order valence-electron chi connectivity index (χ0n) is 17.9. The van der Waals surface area contributed by atoms with Crippen molar-refractivity contribution in [3.8, 4) is 0 Å². The summed E-state index contributed by atoms with van der Waals surface area (Å²) in [6, 6.07) is 0. The van der Waals surface area contributed by atoms with Crippen LogP contribution in [0.2, 0.25) is 0 Å². The molecule has 4 heteroatoms. The number of carboxylic acids is 1. The summed E-state index contributed by atoms with van der Waals surface area (Å²) >= 11 is 0. The van der Waals surface area contributed by atoms with Gasteiger partial charge in [0.2, 0.25) is 0 Å². The molecule has 156 valence electrons. The predicted molar refractivity (Wildman–Crippen MR) is 109 cm³/mol. The first-order chi connectivity index (χ1) is 12.0. The number of unbranched alkanes of at least 4 members (excludes halogenated alkanes) is 12. The van der Waals surface area contributed by atoms with Crippen molar-refractivity contribution in [3.05, 3.63) is 0 Å². The quantitative estimate of drug-likeness (QED) is 0.236. The number of aliphatic hydroxyl groups excluding tert-OH is 1. The fourth-order valence-corrected chi connectivity index (χ4v) is 2.75. The second-order valence-electron chi connectivity index (χ2n) is 7.65. The Morgan fingerprint density at radius 2 is 1.12 bits per heavy atom. The first kappa shape index (κ1) is 31.0. The average Bonchev–Trinajstić information content (AvgIpc) is 2.56. The van der Waals surface area contributed by atoms with Crippen LogP contribution in [0.25, 0.3) is 0 Å². The van der Waals surface area contributed by atoms with Crippen molar-refractivity contribution in [1.82, 2.24) is 0 Å². The van der Waals surface area contributed by atoms with Gasteiger partial charge in [0.25, 0.3) is 0 Å². The van der Waals surface area contributed by atoms with Crippen molar-refractivity contribution < 1.29 is 41.2 Å².